The van der Waals surface area contributed by atoms with Crippen LogP contribution in [-0.2, 0) is 4.74 Å². The van der Waals surface area contributed by atoms with E-state index < -0.39 is 12.1 Å². The van der Waals surface area contributed by atoms with E-state index in [1.807, 2.05) is 30.3 Å². The maximum atomic E-state index is 11.8. The fourth-order valence-electron chi connectivity index (χ4n) is 2.02. The third kappa shape index (κ3) is 5.42. The number of aliphatic hydroxyl groups is 1. The first-order valence-corrected chi connectivity index (χ1v) is 7.69. The summed E-state index contributed by atoms with van der Waals surface area (Å²) < 4.78 is 10.6. The molecular weight excluding hydrogens is 292 g/mol. The van der Waals surface area contributed by atoms with Crippen LogP contribution in [0.1, 0.15) is 35.7 Å². The summed E-state index contributed by atoms with van der Waals surface area (Å²) in [6.45, 7) is 4.22. The summed E-state index contributed by atoms with van der Waals surface area (Å²) in [4.78, 5) is 11.8. The SMILES string of the molecule is CC(C)c1ccc(OCC(O)COC(=O)c2ccccc2)cc1. The molecule has 0 bridgehead atoms. The number of esters is 1. The van der Waals surface area contributed by atoms with Crippen LogP contribution in [0.2, 0.25) is 0 Å². The topological polar surface area (TPSA) is 55.8 Å². The normalized spacial score (nSPS) is 12.0. The summed E-state index contributed by atoms with van der Waals surface area (Å²) in [5.74, 6) is 0.695. The molecule has 2 rings (SSSR count). The smallest absolute Gasteiger partial charge is 0.338 e. The highest BCUT2D eigenvalue weighted by Gasteiger charge is 2.11. The van der Waals surface area contributed by atoms with E-state index >= 15 is 0 Å². The van der Waals surface area contributed by atoms with Crippen molar-refractivity contribution >= 4 is 5.97 Å². The predicted molar refractivity (Wildman–Crippen MR) is 88.8 cm³/mol. The number of hydrogen-bond donors (Lipinski definition) is 1. The first-order valence-electron chi connectivity index (χ1n) is 7.69. The Morgan fingerprint density at radius 1 is 1.00 bits per heavy atom. The third-order valence-corrected chi connectivity index (χ3v) is 3.41. The summed E-state index contributed by atoms with van der Waals surface area (Å²) in [6, 6.07) is 16.4. The molecule has 1 unspecified atom stereocenters. The molecule has 122 valence electrons. The lowest BCUT2D eigenvalue weighted by atomic mass is 10.0. The van der Waals surface area contributed by atoms with Crippen LogP contribution in [0.3, 0.4) is 0 Å². The summed E-state index contributed by atoms with van der Waals surface area (Å²) >= 11 is 0. The van der Waals surface area contributed by atoms with Gasteiger partial charge in [-0.2, -0.15) is 0 Å². The number of carbonyl (C=O) groups excluding carboxylic acids is 1. The zero-order valence-electron chi connectivity index (χ0n) is 13.4. The monoisotopic (exact) mass is 314 g/mol. The van der Waals surface area contributed by atoms with Crippen molar-refractivity contribution in [2.75, 3.05) is 13.2 Å². The molecule has 0 saturated carbocycles. The lowest BCUT2D eigenvalue weighted by molar-refractivity contribution is 0.0130. The number of aliphatic hydroxyl groups excluding tert-OH is 1. The van der Waals surface area contributed by atoms with Crippen molar-refractivity contribution in [3.8, 4) is 5.75 Å². The van der Waals surface area contributed by atoms with E-state index in [9.17, 15) is 9.90 Å². The third-order valence-electron chi connectivity index (χ3n) is 3.41. The number of ether oxygens (including phenoxy) is 2. The van der Waals surface area contributed by atoms with Crippen LogP contribution < -0.4 is 4.74 Å². The molecule has 0 aromatic heterocycles. The van der Waals surface area contributed by atoms with Gasteiger partial charge in [0.05, 0.1) is 5.56 Å². The summed E-state index contributed by atoms with van der Waals surface area (Å²) in [7, 11) is 0. The second-order valence-corrected chi connectivity index (χ2v) is 5.65. The Morgan fingerprint density at radius 3 is 2.26 bits per heavy atom. The second kappa shape index (κ2) is 8.34. The van der Waals surface area contributed by atoms with Gasteiger partial charge in [0.2, 0.25) is 0 Å². The van der Waals surface area contributed by atoms with E-state index in [0.717, 1.165) is 0 Å². The van der Waals surface area contributed by atoms with Crippen LogP contribution in [0.5, 0.6) is 5.75 Å². The molecule has 0 amide bonds. The van der Waals surface area contributed by atoms with Gasteiger partial charge in [-0.05, 0) is 35.7 Å². The standard InChI is InChI=1S/C19H22O4/c1-14(2)15-8-10-18(11-9-15)22-12-17(20)13-23-19(21)16-6-4-3-5-7-16/h3-11,14,17,20H,12-13H2,1-2H3. The first-order chi connectivity index (χ1) is 11.1. The van der Waals surface area contributed by atoms with Crippen LogP contribution >= 0.6 is 0 Å². The second-order valence-electron chi connectivity index (χ2n) is 5.65. The number of carbonyl (C=O) groups is 1. The molecule has 0 fully saturated rings. The molecule has 2 aromatic carbocycles. The van der Waals surface area contributed by atoms with Crippen molar-refractivity contribution in [3.63, 3.8) is 0 Å². The van der Waals surface area contributed by atoms with Gasteiger partial charge < -0.3 is 14.6 Å². The van der Waals surface area contributed by atoms with Gasteiger partial charge in [0.1, 0.15) is 25.1 Å². The molecule has 2 aromatic rings. The molecule has 1 N–H and O–H groups in total. The Labute approximate surface area is 136 Å². The summed E-state index contributed by atoms with van der Waals surface area (Å²) in [5, 5.41) is 9.85. The molecule has 0 saturated heterocycles. The van der Waals surface area contributed by atoms with Gasteiger partial charge in [0, 0.05) is 0 Å². The van der Waals surface area contributed by atoms with Gasteiger partial charge in [-0.3, -0.25) is 0 Å². The van der Waals surface area contributed by atoms with Crippen molar-refractivity contribution in [1.82, 2.24) is 0 Å². The summed E-state index contributed by atoms with van der Waals surface area (Å²) in [6.07, 6.45) is -0.868. The molecule has 0 aliphatic carbocycles. The van der Waals surface area contributed by atoms with E-state index in [1.165, 1.54) is 5.56 Å². The number of benzene rings is 2. The van der Waals surface area contributed by atoms with Gasteiger partial charge in [-0.1, -0.05) is 44.2 Å². The van der Waals surface area contributed by atoms with Crippen molar-refractivity contribution in [1.29, 1.82) is 0 Å². The molecule has 0 radical (unpaired) electrons. The molecule has 0 aliphatic heterocycles. The highest BCUT2D eigenvalue weighted by atomic mass is 16.5. The van der Waals surface area contributed by atoms with Crippen LogP contribution in [0.15, 0.2) is 54.6 Å². The van der Waals surface area contributed by atoms with Crippen molar-refractivity contribution in [2.24, 2.45) is 0 Å². The Morgan fingerprint density at radius 2 is 1.65 bits per heavy atom. The molecule has 4 nitrogen and oxygen atoms in total. The average molecular weight is 314 g/mol. The Kier molecular flexibility index (Phi) is 6.18. The van der Waals surface area contributed by atoms with E-state index in [-0.39, 0.29) is 13.2 Å². The van der Waals surface area contributed by atoms with Gasteiger partial charge in [-0.25, -0.2) is 4.79 Å². The fourth-order valence-corrected chi connectivity index (χ4v) is 2.02. The van der Waals surface area contributed by atoms with Gasteiger partial charge in [-0.15, -0.1) is 0 Å². The quantitative estimate of drug-likeness (QED) is 0.796. The fraction of sp³-hybridized carbons (Fsp3) is 0.316. The number of rotatable bonds is 7. The van der Waals surface area contributed by atoms with Gasteiger partial charge in [0.15, 0.2) is 0 Å². The van der Waals surface area contributed by atoms with E-state index in [2.05, 4.69) is 13.8 Å². The lowest BCUT2D eigenvalue weighted by Crippen LogP contribution is -2.25. The predicted octanol–water partition coefficient (Wildman–Crippen LogP) is 3.41. The minimum Gasteiger partial charge on any atom is -0.491 e. The molecule has 0 heterocycles. The lowest BCUT2D eigenvalue weighted by Gasteiger charge is -2.13. The van der Waals surface area contributed by atoms with E-state index in [0.29, 0.717) is 17.2 Å². The van der Waals surface area contributed by atoms with Crippen LogP contribution in [0, 0.1) is 0 Å². The first kappa shape index (κ1) is 17.0. The summed E-state index contributed by atoms with van der Waals surface area (Å²) in [5.41, 5.74) is 1.69. The average Bonchev–Trinajstić information content (AvgIpc) is 2.59. The minimum absolute atomic E-state index is 0.0725. The van der Waals surface area contributed by atoms with E-state index in [4.69, 9.17) is 9.47 Å². The van der Waals surface area contributed by atoms with Crippen LogP contribution in [0.4, 0.5) is 0 Å². The molecule has 23 heavy (non-hydrogen) atoms. The van der Waals surface area contributed by atoms with Crippen molar-refractivity contribution in [3.05, 3.63) is 65.7 Å². The van der Waals surface area contributed by atoms with E-state index in [1.54, 1.807) is 24.3 Å². The largest absolute Gasteiger partial charge is 0.491 e. The van der Waals surface area contributed by atoms with Crippen molar-refractivity contribution < 1.29 is 19.4 Å². The molecule has 0 aliphatic rings. The number of hydrogen-bond acceptors (Lipinski definition) is 4. The Bertz CT molecular complexity index is 605. The molecule has 1 atom stereocenters. The zero-order valence-corrected chi connectivity index (χ0v) is 13.4. The molecule has 4 heteroatoms. The minimum atomic E-state index is -0.868. The highest BCUT2D eigenvalue weighted by Crippen LogP contribution is 2.18. The molecule has 0 spiro atoms. The van der Waals surface area contributed by atoms with Crippen LogP contribution in [-0.4, -0.2) is 30.4 Å². The van der Waals surface area contributed by atoms with Crippen LogP contribution in [0.25, 0.3) is 0 Å². The maximum absolute atomic E-state index is 11.8. The zero-order chi connectivity index (χ0) is 16.7. The van der Waals surface area contributed by atoms with Crippen molar-refractivity contribution in [2.45, 2.75) is 25.9 Å². The highest BCUT2D eigenvalue weighted by molar-refractivity contribution is 5.89. The van der Waals surface area contributed by atoms with Gasteiger partial charge in [0.25, 0.3) is 0 Å². The maximum Gasteiger partial charge on any atom is 0.338 e. The Hall–Kier alpha value is -2.33. The molecular formula is C19H22O4. The Balaban J connectivity index is 1.74. The van der Waals surface area contributed by atoms with Gasteiger partial charge >= 0.3 is 5.97 Å².